The van der Waals surface area contributed by atoms with Crippen LogP contribution in [0.4, 0.5) is 0 Å². The molecule has 2 heterocycles. The third kappa shape index (κ3) is 3.97. The van der Waals surface area contributed by atoms with Crippen LogP contribution in [-0.4, -0.2) is 16.7 Å². The number of thiophene rings is 1. The van der Waals surface area contributed by atoms with Crippen molar-refractivity contribution in [1.82, 2.24) is 9.55 Å². The standard InChI is InChI=1S/C26H26N2O2S2/c1-16-4-7-18(8-5-16)15-31-26-27-24-23(21-13-6-17(2)14-22(21)32-24)25(29)28(26)19-9-11-20(30-3)12-10-19/h4-5,7-12,17H,6,13-15H2,1-3H3. The molecule has 32 heavy (non-hydrogen) atoms. The van der Waals surface area contributed by atoms with Gasteiger partial charge in [0.05, 0.1) is 18.2 Å². The lowest BCUT2D eigenvalue weighted by atomic mass is 9.89. The number of ether oxygens (including phenoxy) is 1. The molecular weight excluding hydrogens is 436 g/mol. The number of fused-ring (bicyclic) bond motifs is 3. The highest BCUT2D eigenvalue weighted by Gasteiger charge is 2.25. The van der Waals surface area contributed by atoms with Gasteiger partial charge < -0.3 is 4.74 Å². The molecule has 0 aliphatic heterocycles. The molecule has 1 aliphatic carbocycles. The minimum absolute atomic E-state index is 0.0404. The molecule has 2 aromatic heterocycles. The highest BCUT2D eigenvalue weighted by molar-refractivity contribution is 7.98. The molecule has 1 unspecified atom stereocenters. The van der Waals surface area contributed by atoms with Crippen molar-refractivity contribution in [3.05, 3.63) is 80.5 Å². The van der Waals surface area contributed by atoms with Gasteiger partial charge in [-0.1, -0.05) is 48.5 Å². The van der Waals surface area contributed by atoms with Gasteiger partial charge >= 0.3 is 0 Å². The Hall–Kier alpha value is -2.57. The summed E-state index contributed by atoms with van der Waals surface area (Å²) in [5.41, 5.74) is 4.54. The fourth-order valence-corrected chi connectivity index (χ4v) is 6.65. The lowest BCUT2D eigenvalue weighted by Gasteiger charge is -2.18. The Morgan fingerprint density at radius 3 is 2.62 bits per heavy atom. The summed E-state index contributed by atoms with van der Waals surface area (Å²) >= 11 is 3.32. The van der Waals surface area contributed by atoms with E-state index in [1.165, 1.54) is 21.6 Å². The molecule has 1 atom stereocenters. The highest BCUT2D eigenvalue weighted by Crippen LogP contribution is 2.37. The van der Waals surface area contributed by atoms with Crippen molar-refractivity contribution < 1.29 is 4.74 Å². The van der Waals surface area contributed by atoms with Crippen LogP contribution in [0.15, 0.2) is 58.5 Å². The van der Waals surface area contributed by atoms with Crippen molar-refractivity contribution in [2.24, 2.45) is 5.92 Å². The van der Waals surface area contributed by atoms with Gasteiger partial charge in [-0.2, -0.15) is 0 Å². The fraction of sp³-hybridized carbons (Fsp3) is 0.308. The first-order chi connectivity index (χ1) is 15.5. The van der Waals surface area contributed by atoms with Crippen LogP contribution in [0.2, 0.25) is 0 Å². The van der Waals surface area contributed by atoms with E-state index in [4.69, 9.17) is 9.72 Å². The van der Waals surface area contributed by atoms with Crippen LogP contribution in [0.1, 0.15) is 34.9 Å². The summed E-state index contributed by atoms with van der Waals surface area (Å²) in [5.74, 6) is 2.19. The smallest absolute Gasteiger partial charge is 0.267 e. The number of methoxy groups -OCH3 is 1. The van der Waals surface area contributed by atoms with Crippen molar-refractivity contribution in [2.45, 2.75) is 44.0 Å². The van der Waals surface area contributed by atoms with Gasteiger partial charge in [-0.15, -0.1) is 11.3 Å². The first-order valence-corrected chi connectivity index (χ1v) is 12.7. The molecule has 0 radical (unpaired) electrons. The second kappa shape index (κ2) is 8.75. The molecule has 1 aliphatic rings. The lowest BCUT2D eigenvalue weighted by Crippen LogP contribution is -2.22. The number of aromatic nitrogens is 2. The fourth-order valence-electron chi connectivity index (χ4n) is 4.26. The van der Waals surface area contributed by atoms with Crippen LogP contribution >= 0.6 is 23.1 Å². The van der Waals surface area contributed by atoms with E-state index in [0.29, 0.717) is 5.92 Å². The Kier molecular flexibility index (Phi) is 5.82. The quantitative estimate of drug-likeness (QED) is 0.262. The van der Waals surface area contributed by atoms with Crippen molar-refractivity contribution in [3.63, 3.8) is 0 Å². The van der Waals surface area contributed by atoms with Gasteiger partial charge in [-0.3, -0.25) is 9.36 Å². The molecule has 0 N–H and O–H groups in total. The van der Waals surface area contributed by atoms with E-state index in [-0.39, 0.29) is 5.56 Å². The van der Waals surface area contributed by atoms with Crippen molar-refractivity contribution in [2.75, 3.05) is 7.11 Å². The number of benzene rings is 2. The van der Waals surface area contributed by atoms with E-state index in [1.54, 1.807) is 34.8 Å². The first-order valence-electron chi connectivity index (χ1n) is 10.9. The predicted molar refractivity (Wildman–Crippen MR) is 134 cm³/mol. The zero-order valence-corrected chi connectivity index (χ0v) is 20.2. The van der Waals surface area contributed by atoms with Crippen LogP contribution in [0, 0.1) is 12.8 Å². The Morgan fingerprint density at radius 1 is 1.16 bits per heavy atom. The van der Waals surface area contributed by atoms with Crippen molar-refractivity contribution in [3.8, 4) is 11.4 Å². The maximum Gasteiger partial charge on any atom is 0.267 e. The van der Waals surface area contributed by atoms with Gasteiger partial charge in [-0.05, 0) is 67.5 Å². The Bertz CT molecular complexity index is 1320. The molecule has 6 heteroatoms. The topological polar surface area (TPSA) is 44.1 Å². The summed E-state index contributed by atoms with van der Waals surface area (Å²) in [4.78, 5) is 21.1. The van der Waals surface area contributed by atoms with Gasteiger partial charge in [0.2, 0.25) is 0 Å². The van der Waals surface area contributed by atoms with E-state index >= 15 is 0 Å². The summed E-state index contributed by atoms with van der Waals surface area (Å²) in [6.07, 6.45) is 3.14. The SMILES string of the molecule is COc1ccc(-n2c(SCc3ccc(C)cc3)nc3sc4c(c3c2=O)CCC(C)C4)cc1. The number of hydrogen-bond acceptors (Lipinski definition) is 5. The Balaban J connectivity index is 1.64. The highest BCUT2D eigenvalue weighted by atomic mass is 32.2. The zero-order valence-electron chi connectivity index (χ0n) is 18.6. The van der Waals surface area contributed by atoms with Crippen LogP contribution in [0.25, 0.3) is 15.9 Å². The molecule has 4 nitrogen and oxygen atoms in total. The average Bonchev–Trinajstić information content (AvgIpc) is 3.16. The third-order valence-corrected chi connectivity index (χ3v) is 8.28. The maximum absolute atomic E-state index is 13.9. The number of thioether (sulfide) groups is 1. The molecule has 0 saturated heterocycles. The minimum Gasteiger partial charge on any atom is -0.497 e. The Labute approximate surface area is 196 Å². The van der Waals surface area contributed by atoms with Crippen molar-refractivity contribution in [1.29, 1.82) is 0 Å². The third-order valence-electron chi connectivity index (χ3n) is 6.12. The average molecular weight is 463 g/mol. The van der Waals surface area contributed by atoms with E-state index < -0.39 is 0 Å². The summed E-state index contributed by atoms with van der Waals surface area (Å²) in [6.45, 7) is 4.38. The maximum atomic E-state index is 13.9. The molecule has 0 amide bonds. The monoisotopic (exact) mass is 462 g/mol. The summed E-state index contributed by atoms with van der Waals surface area (Å²) < 4.78 is 7.10. The molecule has 0 saturated carbocycles. The van der Waals surface area contributed by atoms with Crippen LogP contribution in [-0.2, 0) is 18.6 Å². The van der Waals surface area contributed by atoms with E-state index in [2.05, 4.69) is 38.1 Å². The molecule has 2 aromatic carbocycles. The summed E-state index contributed by atoms with van der Waals surface area (Å²) in [6, 6.07) is 16.2. The molecular formula is C26H26N2O2S2. The number of nitrogens with zero attached hydrogens (tertiary/aromatic N) is 2. The number of aryl methyl sites for hydroxylation is 2. The molecule has 0 bridgehead atoms. The summed E-state index contributed by atoms with van der Waals surface area (Å²) in [5, 5.41) is 1.55. The zero-order chi connectivity index (χ0) is 22.2. The molecule has 0 fully saturated rings. The van der Waals surface area contributed by atoms with Crippen LogP contribution in [0.5, 0.6) is 5.75 Å². The molecule has 5 rings (SSSR count). The molecule has 4 aromatic rings. The van der Waals surface area contributed by atoms with E-state index in [1.807, 2.05) is 24.3 Å². The lowest BCUT2D eigenvalue weighted by molar-refractivity contribution is 0.414. The minimum atomic E-state index is 0.0404. The normalized spacial score (nSPS) is 15.7. The van der Waals surface area contributed by atoms with E-state index in [0.717, 1.165) is 51.8 Å². The second-order valence-corrected chi connectivity index (χ2v) is 10.6. The van der Waals surface area contributed by atoms with Gasteiger partial charge in [0.25, 0.3) is 5.56 Å². The Morgan fingerprint density at radius 2 is 1.91 bits per heavy atom. The van der Waals surface area contributed by atoms with Gasteiger partial charge in [-0.25, -0.2) is 4.98 Å². The van der Waals surface area contributed by atoms with Gasteiger partial charge in [0, 0.05) is 10.6 Å². The predicted octanol–water partition coefficient (Wildman–Crippen LogP) is 6.18. The first kappa shape index (κ1) is 21.3. The number of hydrogen-bond donors (Lipinski definition) is 0. The molecule has 164 valence electrons. The van der Waals surface area contributed by atoms with Crippen LogP contribution < -0.4 is 10.3 Å². The molecule has 0 spiro atoms. The summed E-state index contributed by atoms with van der Waals surface area (Å²) in [7, 11) is 1.65. The van der Waals surface area contributed by atoms with Gasteiger partial charge in [0.15, 0.2) is 5.16 Å². The largest absolute Gasteiger partial charge is 0.497 e. The number of rotatable bonds is 5. The van der Waals surface area contributed by atoms with Gasteiger partial charge in [0.1, 0.15) is 10.6 Å². The second-order valence-electron chi connectivity index (χ2n) is 8.54. The van der Waals surface area contributed by atoms with Crippen molar-refractivity contribution >= 4 is 33.3 Å². The van der Waals surface area contributed by atoms with Crippen LogP contribution in [0.3, 0.4) is 0 Å². The van der Waals surface area contributed by atoms with E-state index in [9.17, 15) is 4.79 Å².